The van der Waals surface area contributed by atoms with Gasteiger partial charge in [-0.15, -0.1) is 0 Å². The maximum Gasteiger partial charge on any atom is 0.262 e. The number of hydrogen-bond donors (Lipinski definition) is 2. The molecule has 0 spiro atoms. The Bertz CT molecular complexity index is 1020. The highest BCUT2D eigenvalue weighted by Gasteiger charge is 2.18. The van der Waals surface area contributed by atoms with E-state index in [0.29, 0.717) is 22.9 Å². The molecular weight excluding hydrogens is 364 g/mol. The van der Waals surface area contributed by atoms with E-state index in [4.69, 9.17) is 9.47 Å². The van der Waals surface area contributed by atoms with Gasteiger partial charge in [-0.3, -0.25) is 4.72 Å². The third-order valence-electron chi connectivity index (χ3n) is 3.89. The Hall–Kier alpha value is -3.19. The van der Waals surface area contributed by atoms with E-state index in [0.717, 1.165) is 5.69 Å². The van der Waals surface area contributed by atoms with Crippen LogP contribution in [-0.4, -0.2) is 22.6 Å². The van der Waals surface area contributed by atoms with Gasteiger partial charge in [-0.05, 0) is 36.4 Å². The molecule has 0 unspecified atom stereocenters. The molecule has 6 nitrogen and oxygen atoms in total. The lowest BCUT2D eigenvalue weighted by Crippen LogP contribution is -2.14. The second-order valence-corrected chi connectivity index (χ2v) is 7.34. The molecular formula is C20H20N2O4S. The van der Waals surface area contributed by atoms with Crippen LogP contribution in [0.15, 0.2) is 77.7 Å². The van der Waals surface area contributed by atoms with Gasteiger partial charge in [-0.25, -0.2) is 8.42 Å². The van der Waals surface area contributed by atoms with Crippen LogP contribution in [0.25, 0.3) is 0 Å². The van der Waals surface area contributed by atoms with Crippen molar-refractivity contribution >= 4 is 27.1 Å². The molecule has 0 heterocycles. The van der Waals surface area contributed by atoms with E-state index in [9.17, 15) is 8.42 Å². The van der Waals surface area contributed by atoms with Crippen LogP contribution in [0.3, 0.4) is 0 Å². The normalized spacial score (nSPS) is 10.9. The van der Waals surface area contributed by atoms with E-state index < -0.39 is 10.0 Å². The van der Waals surface area contributed by atoms with Gasteiger partial charge in [0.05, 0.1) is 30.5 Å². The topological polar surface area (TPSA) is 76.7 Å². The molecule has 0 fully saturated rings. The van der Waals surface area contributed by atoms with Gasteiger partial charge < -0.3 is 14.8 Å². The molecule has 0 saturated carbocycles. The van der Waals surface area contributed by atoms with Gasteiger partial charge in [0.2, 0.25) is 0 Å². The molecule has 27 heavy (non-hydrogen) atoms. The van der Waals surface area contributed by atoms with Gasteiger partial charge in [0.15, 0.2) is 11.5 Å². The average Bonchev–Trinajstić information content (AvgIpc) is 2.69. The van der Waals surface area contributed by atoms with Crippen molar-refractivity contribution < 1.29 is 17.9 Å². The van der Waals surface area contributed by atoms with Crippen LogP contribution in [0.4, 0.5) is 17.1 Å². The summed E-state index contributed by atoms with van der Waals surface area (Å²) in [4.78, 5) is 0.0784. The average molecular weight is 384 g/mol. The smallest absolute Gasteiger partial charge is 0.262 e. The van der Waals surface area contributed by atoms with E-state index in [1.807, 2.05) is 36.4 Å². The molecule has 3 rings (SSSR count). The highest BCUT2D eigenvalue weighted by molar-refractivity contribution is 7.92. The van der Waals surface area contributed by atoms with E-state index in [1.54, 1.807) is 24.3 Å². The SMILES string of the molecule is COc1ccc(S(=O)(=O)Nc2ccccc2Nc2ccccc2)cc1OC. The third kappa shape index (κ3) is 4.32. The molecule has 2 N–H and O–H groups in total. The first-order valence-electron chi connectivity index (χ1n) is 8.19. The summed E-state index contributed by atoms with van der Waals surface area (Å²) in [5.74, 6) is 0.804. The minimum absolute atomic E-state index is 0.0784. The number of para-hydroxylation sites is 3. The summed E-state index contributed by atoms with van der Waals surface area (Å²) in [5, 5.41) is 3.22. The van der Waals surface area contributed by atoms with Crippen molar-refractivity contribution in [3.8, 4) is 11.5 Å². The number of sulfonamides is 1. The summed E-state index contributed by atoms with van der Waals surface area (Å²) in [6, 6.07) is 21.1. The standard InChI is InChI=1S/C20H20N2O4S/c1-25-19-13-12-16(14-20(19)26-2)27(23,24)22-18-11-7-6-10-17(18)21-15-8-4-3-5-9-15/h3-14,21-22H,1-2H3. The molecule has 3 aromatic carbocycles. The van der Waals surface area contributed by atoms with Gasteiger partial charge in [0.25, 0.3) is 10.0 Å². The molecule has 0 aliphatic heterocycles. The van der Waals surface area contributed by atoms with Crippen LogP contribution >= 0.6 is 0 Å². The Balaban J connectivity index is 1.90. The van der Waals surface area contributed by atoms with Crippen molar-refractivity contribution in [3.05, 3.63) is 72.8 Å². The number of benzene rings is 3. The van der Waals surface area contributed by atoms with E-state index in [2.05, 4.69) is 10.0 Å². The summed E-state index contributed by atoms with van der Waals surface area (Å²) in [5.41, 5.74) is 1.94. The summed E-state index contributed by atoms with van der Waals surface area (Å²) >= 11 is 0. The summed E-state index contributed by atoms with van der Waals surface area (Å²) in [7, 11) is -0.856. The first-order valence-corrected chi connectivity index (χ1v) is 9.68. The minimum atomic E-state index is -3.81. The lowest BCUT2D eigenvalue weighted by molar-refractivity contribution is 0.354. The van der Waals surface area contributed by atoms with Gasteiger partial charge in [0.1, 0.15) is 0 Å². The van der Waals surface area contributed by atoms with Crippen molar-refractivity contribution in [2.24, 2.45) is 0 Å². The molecule has 0 aromatic heterocycles. The maximum absolute atomic E-state index is 12.8. The fraction of sp³-hybridized carbons (Fsp3) is 0.100. The van der Waals surface area contributed by atoms with Crippen LogP contribution in [0.1, 0.15) is 0 Å². The van der Waals surface area contributed by atoms with Gasteiger partial charge in [-0.1, -0.05) is 30.3 Å². The fourth-order valence-corrected chi connectivity index (χ4v) is 3.64. The Morgan fingerprint density at radius 2 is 1.37 bits per heavy atom. The third-order valence-corrected chi connectivity index (χ3v) is 5.25. The largest absolute Gasteiger partial charge is 0.493 e. The minimum Gasteiger partial charge on any atom is -0.493 e. The van der Waals surface area contributed by atoms with E-state index in [1.165, 1.54) is 26.4 Å². The first-order chi connectivity index (χ1) is 13.0. The molecule has 0 aliphatic rings. The Labute approximate surface area is 158 Å². The van der Waals surface area contributed by atoms with Crippen LogP contribution in [0, 0.1) is 0 Å². The Kier molecular flexibility index (Phi) is 5.52. The van der Waals surface area contributed by atoms with Gasteiger partial charge in [0, 0.05) is 11.8 Å². The van der Waals surface area contributed by atoms with Gasteiger partial charge in [-0.2, -0.15) is 0 Å². The van der Waals surface area contributed by atoms with Crippen LogP contribution in [0.5, 0.6) is 11.5 Å². The molecule has 0 aliphatic carbocycles. The molecule has 7 heteroatoms. The number of methoxy groups -OCH3 is 2. The first kappa shape index (κ1) is 18.6. The second kappa shape index (κ2) is 8.01. The number of nitrogens with one attached hydrogen (secondary N) is 2. The number of rotatable bonds is 7. The van der Waals surface area contributed by atoms with Crippen molar-refractivity contribution in [1.82, 2.24) is 0 Å². The van der Waals surface area contributed by atoms with Crippen molar-refractivity contribution in [2.45, 2.75) is 4.90 Å². The maximum atomic E-state index is 12.8. The number of ether oxygens (including phenoxy) is 2. The van der Waals surface area contributed by atoms with E-state index >= 15 is 0 Å². The van der Waals surface area contributed by atoms with Crippen molar-refractivity contribution in [1.29, 1.82) is 0 Å². The fourth-order valence-electron chi connectivity index (χ4n) is 2.55. The molecule has 0 bridgehead atoms. The molecule has 0 radical (unpaired) electrons. The summed E-state index contributed by atoms with van der Waals surface area (Å²) in [6.45, 7) is 0. The highest BCUT2D eigenvalue weighted by atomic mass is 32.2. The van der Waals surface area contributed by atoms with Crippen molar-refractivity contribution in [3.63, 3.8) is 0 Å². The van der Waals surface area contributed by atoms with Crippen molar-refractivity contribution in [2.75, 3.05) is 24.3 Å². The molecule has 140 valence electrons. The zero-order chi connectivity index (χ0) is 19.3. The van der Waals surface area contributed by atoms with Crippen LogP contribution in [0.2, 0.25) is 0 Å². The van der Waals surface area contributed by atoms with Crippen LogP contribution < -0.4 is 19.5 Å². The predicted octanol–water partition coefficient (Wildman–Crippen LogP) is 4.25. The highest BCUT2D eigenvalue weighted by Crippen LogP contribution is 2.32. The molecule has 0 amide bonds. The molecule has 0 saturated heterocycles. The Morgan fingerprint density at radius 1 is 0.741 bits per heavy atom. The molecule has 3 aromatic rings. The lowest BCUT2D eigenvalue weighted by Gasteiger charge is -2.15. The zero-order valence-electron chi connectivity index (χ0n) is 15.0. The molecule has 0 atom stereocenters. The summed E-state index contributed by atoms with van der Waals surface area (Å²) < 4.78 is 38.7. The quantitative estimate of drug-likeness (QED) is 0.637. The van der Waals surface area contributed by atoms with Gasteiger partial charge >= 0.3 is 0 Å². The predicted molar refractivity (Wildman–Crippen MR) is 107 cm³/mol. The second-order valence-electron chi connectivity index (χ2n) is 5.66. The van der Waals surface area contributed by atoms with Crippen LogP contribution in [-0.2, 0) is 10.0 Å². The monoisotopic (exact) mass is 384 g/mol. The zero-order valence-corrected chi connectivity index (χ0v) is 15.8. The number of anilines is 3. The summed E-state index contributed by atoms with van der Waals surface area (Å²) in [6.07, 6.45) is 0. The Morgan fingerprint density at radius 3 is 2.04 bits per heavy atom. The van der Waals surface area contributed by atoms with E-state index in [-0.39, 0.29) is 4.90 Å². The number of hydrogen-bond acceptors (Lipinski definition) is 5. The lowest BCUT2D eigenvalue weighted by atomic mass is 10.2.